The van der Waals surface area contributed by atoms with Gasteiger partial charge in [-0.15, -0.1) is 0 Å². The number of piperidine rings is 1. The molecule has 3 fully saturated rings. The highest BCUT2D eigenvalue weighted by Gasteiger charge is 2.46. The average Bonchev–Trinajstić information content (AvgIpc) is 2.42. The molecule has 1 atom stereocenters. The van der Waals surface area contributed by atoms with Gasteiger partial charge in [-0.25, -0.2) is 4.79 Å². The first kappa shape index (κ1) is 17.0. The Labute approximate surface area is 140 Å². The number of rotatable bonds is 2. The Morgan fingerprint density at radius 1 is 1.17 bits per heavy atom. The summed E-state index contributed by atoms with van der Waals surface area (Å²) in [7, 11) is 0. The zero-order chi connectivity index (χ0) is 16.5. The number of carbonyl (C=O) groups is 1. The lowest BCUT2D eigenvalue weighted by atomic mass is 9.73. The van der Waals surface area contributed by atoms with Crippen LogP contribution in [0, 0.1) is 0 Å². The summed E-state index contributed by atoms with van der Waals surface area (Å²) in [5.74, 6) is 0. The minimum Gasteiger partial charge on any atom is -0.444 e. The third-order valence-electron chi connectivity index (χ3n) is 5.55. The van der Waals surface area contributed by atoms with Gasteiger partial charge in [-0.05, 0) is 46.5 Å². The number of amides is 1. The normalized spacial score (nSPS) is 28.5. The molecule has 1 amide bonds. The molecule has 0 bridgehead atoms. The maximum Gasteiger partial charge on any atom is 0.410 e. The lowest BCUT2D eigenvalue weighted by molar-refractivity contribution is -0.0342. The van der Waals surface area contributed by atoms with E-state index in [1.807, 2.05) is 20.8 Å². The first-order valence-electron chi connectivity index (χ1n) is 9.35. The highest BCUT2D eigenvalue weighted by Crippen LogP contribution is 2.41. The van der Waals surface area contributed by atoms with Crippen molar-refractivity contribution in [2.24, 2.45) is 0 Å². The van der Waals surface area contributed by atoms with Crippen LogP contribution in [0.1, 0.15) is 65.7 Å². The fourth-order valence-electron chi connectivity index (χ4n) is 4.36. The molecule has 0 aromatic heterocycles. The highest BCUT2D eigenvalue weighted by atomic mass is 16.6. The molecule has 0 aromatic carbocycles. The van der Waals surface area contributed by atoms with Crippen molar-refractivity contribution in [3.05, 3.63) is 0 Å². The number of hydrogen-bond donors (Lipinski definition) is 2. The Hall–Kier alpha value is -0.810. The summed E-state index contributed by atoms with van der Waals surface area (Å²) < 4.78 is 5.71. The van der Waals surface area contributed by atoms with Gasteiger partial charge in [0.25, 0.3) is 0 Å². The topological polar surface area (TPSA) is 53.6 Å². The maximum atomic E-state index is 12.8. The number of nitrogens with zero attached hydrogens (tertiary/aromatic N) is 1. The second-order valence-corrected chi connectivity index (χ2v) is 8.63. The van der Waals surface area contributed by atoms with Gasteiger partial charge in [-0.2, -0.15) is 0 Å². The molecule has 1 aliphatic carbocycles. The molecular weight excluding hydrogens is 290 g/mol. The van der Waals surface area contributed by atoms with Gasteiger partial charge < -0.3 is 20.3 Å². The molecule has 1 spiro atoms. The number of hydrogen-bond acceptors (Lipinski definition) is 4. The van der Waals surface area contributed by atoms with Gasteiger partial charge in [0.1, 0.15) is 5.60 Å². The predicted octanol–water partition coefficient (Wildman–Crippen LogP) is 2.65. The van der Waals surface area contributed by atoms with E-state index in [0.29, 0.717) is 12.1 Å². The largest absolute Gasteiger partial charge is 0.444 e. The minimum absolute atomic E-state index is 0.0215. The van der Waals surface area contributed by atoms with E-state index in [2.05, 4.69) is 15.5 Å². The summed E-state index contributed by atoms with van der Waals surface area (Å²) >= 11 is 0. The first-order valence-corrected chi connectivity index (χ1v) is 9.35. The van der Waals surface area contributed by atoms with Gasteiger partial charge in [0, 0.05) is 37.3 Å². The van der Waals surface area contributed by atoms with Crippen LogP contribution in [0.3, 0.4) is 0 Å². The smallest absolute Gasteiger partial charge is 0.410 e. The van der Waals surface area contributed by atoms with E-state index in [-0.39, 0.29) is 11.6 Å². The minimum atomic E-state index is -0.417. The Morgan fingerprint density at radius 2 is 1.87 bits per heavy atom. The van der Waals surface area contributed by atoms with Crippen LogP contribution < -0.4 is 10.6 Å². The summed E-state index contributed by atoms with van der Waals surface area (Å²) in [4.78, 5) is 14.8. The zero-order valence-corrected chi connectivity index (χ0v) is 15.0. The van der Waals surface area contributed by atoms with Crippen LogP contribution in [-0.4, -0.2) is 53.9 Å². The van der Waals surface area contributed by atoms with Crippen LogP contribution in [0.5, 0.6) is 0 Å². The summed E-state index contributed by atoms with van der Waals surface area (Å²) in [6.07, 6.45) is 8.05. The summed E-state index contributed by atoms with van der Waals surface area (Å²) in [5, 5.41) is 7.12. The molecule has 1 unspecified atom stereocenters. The fraction of sp³-hybridized carbons (Fsp3) is 0.944. The van der Waals surface area contributed by atoms with Crippen LogP contribution >= 0.6 is 0 Å². The van der Waals surface area contributed by atoms with Crippen molar-refractivity contribution in [1.29, 1.82) is 0 Å². The Morgan fingerprint density at radius 3 is 2.43 bits per heavy atom. The van der Waals surface area contributed by atoms with Crippen molar-refractivity contribution >= 4 is 6.09 Å². The molecule has 23 heavy (non-hydrogen) atoms. The number of nitrogens with one attached hydrogen (secondary N) is 2. The van der Waals surface area contributed by atoms with E-state index in [1.165, 1.54) is 19.3 Å². The SMILES string of the molecule is CC(C)(C)OC(=O)N1CCC(NC2CNC2)CC12CCCCC2. The molecule has 2 aliphatic heterocycles. The molecule has 0 radical (unpaired) electrons. The number of carbonyl (C=O) groups excluding carboxylic acids is 1. The molecule has 5 heteroatoms. The van der Waals surface area contributed by atoms with Crippen molar-refractivity contribution in [3.63, 3.8) is 0 Å². The highest BCUT2D eigenvalue weighted by molar-refractivity contribution is 5.69. The zero-order valence-electron chi connectivity index (χ0n) is 15.0. The molecule has 2 N–H and O–H groups in total. The predicted molar refractivity (Wildman–Crippen MR) is 91.6 cm³/mol. The lowest BCUT2D eigenvalue weighted by Crippen LogP contribution is -2.64. The second-order valence-electron chi connectivity index (χ2n) is 8.63. The molecule has 1 saturated carbocycles. The molecule has 132 valence electrons. The van der Waals surface area contributed by atoms with Gasteiger partial charge >= 0.3 is 6.09 Å². The molecule has 2 heterocycles. The fourth-order valence-corrected chi connectivity index (χ4v) is 4.36. The average molecular weight is 323 g/mol. The van der Waals surface area contributed by atoms with Crippen molar-refractivity contribution in [3.8, 4) is 0 Å². The van der Waals surface area contributed by atoms with E-state index < -0.39 is 5.60 Å². The summed E-state index contributed by atoms with van der Waals surface area (Å²) in [6, 6.07) is 1.16. The van der Waals surface area contributed by atoms with E-state index >= 15 is 0 Å². The second kappa shape index (κ2) is 6.60. The van der Waals surface area contributed by atoms with Crippen LogP contribution in [-0.2, 0) is 4.74 Å². The van der Waals surface area contributed by atoms with E-state index in [4.69, 9.17) is 4.74 Å². The molecule has 3 rings (SSSR count). The van der Waals surface area contributed by atoms with Crippen LogP contribution in [0.4, 0.5) is 4.79 Å². The Kier molecular flexibility index (Phi) is 4.88. The van der Waals surface area contributed by atoms with Gasteiger partial charge in [0.05, 0.1) is 0 Å². The van der Waals surface area contributed by atoms with Gasteiger partial charge in [-0.3, -0.25) is 0 Å². The standard InChI is InChI=1S/C18H33N3O2/c1-17(2,3)23-16(22)21-10-7-14(20-15-12-19-13-15)11-18(21)8-5-4-6-9-18/h14-15,19-20H,4-13H2,1-3H3. The quantitative estimate of drug-likeness (QED) is 0.820. The molecule has 0 aromatic rings. The maximum absolute atomic E-state index is 12.8. The van der Waals surface area contributed by atoms with E-state index in [9.17, 15) is 4.79 Å². The van der Waals surface area contributed by atoms with Crippen LogP contribution in [0.25, 0.3) is 0 Å². The number of likely N-dealkylation sites (tertiary alicyclic amines) is 1. The molecule has 5 nitrogen and oxygen atoms in total. The summed E-state index contributed by atoms with van der Waals surface area (Å²) in [6.45, 7) is 8.86. The molecule has 3 aliphatic rings. The Bertz CT molecular complexity index is 422. The van der Waals surface area contributed by atoms with Crippen molar-refractivity contribution in [2.75, 3.05) is 19.6 Å². The Balaban J connectivity index is 1.69. The van der Waals surface area contributed by atoms with Crippen molar-refractivity contribution < 1.29 is 9.53 Å². The van der Waals surface area contributed by atoms with Gasteiger partial charge in [0.15, 0.2) is 0 Å². The summed E-state index contributed by atoms with van der Waals surface area (Å²) in [5.41, 5.74) is -0.396. The van der Waals surface area contributed by atoms with Crippen molar-refractivity contribution in [2.45, 2.75) is 88.9 Å². The van der Waals surface area contributed by atoms with Crippen LogP contribution in [0.15, 0.2) is 0 Å². The lowest BCUT2D eigenvalue weighted by Gasteiger charge is -2.52. The third kappa shape index (κ3) is 4.00. The van der Waals surface area contributed by atoms with E-state index in [0.717, 1.165) is 45.3 Å². The molecule has 2 saturated heterocycles. The third-order valence-corrected chi connectivity index (χ3v) is 5.55. The molecular formula is C18H33N3O2. The van der Waals surface area contributed by atoms with Crippen molar-refractivity contribution in [1.82, 2.24) is 15.5 Å². The van der Waals surface area contributed by atoms with Gasteiger partial charge in [0.2, 0.25) is 0 Å². The van der Waals surface area contributed by atoms with Crippen LogP contribution in [0.2, 0.25) is 0 Å². The monoisotopic (exact) mass is 323 g/mol. The number of ether oxygens (including phenoxy) is 1. The van der Waals surface area contributed by atoms with Gasteiger partial charge in [-0.1, -0.05) is 19.3 Å². The van der Waals surface area contributed by atoms with E-state index in [1.54, 1.807) is 0 Å². The first-order chi connectivity index (χ1) is 10.9.